The van der Waals surface area contributed by atoms with Crippen LogP contribution in [0.3, 0.4) is 0 Å². The Bertz CT molecular complexity index is 1340. The summed E-state index contributed by atoms with van der Waals surface area (Å²) < 4.78 is 72.7. The molecule has 0 aliphatic carbocycles. The van der Waals surface area contributed by atoms with Crippen LogP contribution in [0.15, 0.2) is 82.8 Å². The van der Waals surface area contributed by atoms with Gasteiger partial charge >= 0.3 is 6.18 Å². The van der Waals surface area contributed by atoms with E-state index in [0.717, 1.165) is 24.1 Å². The number of halogens is 3. The molecule has 0 radical (unpaired) electrons. The van der Waals surface area contributed by atoms with Crippen LogP contribution in [-0.4, -0.2) is 33.7 Å². The summed E-state index contributed by atoms with van der Waals surface area (Å²) in [5.41, 5.74) is 2.32. The smallest absolute Gasteiger partial charge is 0.416 e. The predicted octanol–water partition coefficient (Wildman–Crippen LogP) is 5.15. The highest BCUT2D eigenvalue weighted by atomic mass is 32.2. The molecule has 0 bridgehead atoms. The van der Waals surface area contributed by atoms with Crippen LogP contribution < -0.4 is 14.5 Å². The molecule has 0 aliphatic rings. The molecule has 37 heavy (non-hydrogen) atoms. The summed E-state index contributed by atoms with van der Waals surface area (Å²) in [4.78, 5) is 12.5. The molecule has 3 aromatic carbocycles. The number of sulfonamides is 1. The van der Waals surface area contributed by atoms with E-state index in [1.54, 1.807) is 43.3 Å². The number of benzene rings is 3. The molecule has 0 heterocycles. The molecule has 1 amide bonds. The lowest BCUT2D eigenvalue weighted by atomic mass is 10.2. The first-order valence-corrected chi connectivity index (χ1v) is 12.8. The number of hydrazone groups is 1. The molecule has 3 aromatic rings. The second-order valence-electron chi connectivity index (χ2n) is 8.08. The van der Waals surface area contributed by atoms with Crippen LogP contribution >= 0.6 is 0 Å². The van der Waals surface area contributed by atoms with Crippen molar-refractivity contribution >= 4 is 27.8 Å². The lowest BCUT2D eigenvalue weighted by Gasteiger charge is -2.24. The van der Waals surface area contributed by atoms with E-state index < -0.39 is 34.2 Å². The first-order chi connectivity index (χ1) is 17.5. The third kappa shape index (κ3) is 7.56. The van der Waals surface area contributed by atoms with Gasteiger partial charge in [0, 0.05) is 0 Å². The highest BCUT2D eigenvalue weighted by molar-refractivity contribution is 7.92. The normalized spacial score (nSPS) is 11.9. The van der Waals surface area contributed by atoms with Crippen molar-refractivity contribution in [1.29, 1.82) is 0 Å². The summed E-state index contributed by atoms with van der Waals surface area (Å²) in [6, 6.07) is 16.5. The minimum Gasteiger partial charge on any atom is -0.494 e. The van der Waals surface area contributed by atoms with Crippen molar-refractivity contribution in [2.45, 2.75) is 31.3 Å². The Balaban J connectivity index is 1.82. The molecule has 0 saturated carbocycles. The van der Waals surface area contributed by atoms with Gasteiger partial charge in [-0.15, -0.1) is 0 Å². The van der Waals surface area contributed by atoms with E-state index in [2.05, 4.69) is 10.5 Å². The minimum atomic E-state index is -4.70. The van der Waals surface area contributed by atoms with Gasteiger partial charge in [0.25, 0.3) is 15.9 Å². The number of nitrogens with zero attached hydrogens (tertiary/aromatic N) is 2. The minimum absolute atomic E-state index is 0.169. The topological polar surface area (TPSA) is 88.1 Å². The van der Waals surface area contributed by atoms with Crippen molar-refractivity contribution in [3.05, 3.63) is 89.5 Å². The first kappa shape index (κ1) is 27.7. The van der Waals surface area contributed by atoms with Crippen LogP contribution in [-0.2, 0) is 21.0 Å². The molecule has 0 unspecified atom stereocenters. The molecule has 0 aromatic heterocycles. The second-order valence-corrected chi connectivity index (χ2v) is 9.95. The average molecular weight is 534 g/mol. The lowest BCUT2D eigenvalue weighted by molar-refractivity contribution is -0.137. The van der Waals surface area contributed by atoms with Gasteiger partial charge in [-0.1, -0.05) is 30.7 Å². The maximum atomic E-state index is 13.4. The Labute approximate surface area is 213 Å². The van der Waals surface area contributed by atoms with Gasteiger partial charge in [-0.2, -0.15) is 18.3 Å². The number of rotatable bonds is 10. The maximum absolute atomic E-state index is 13.4. The Hall–Kier alpha value is -3.86. The van der Waals surface area contributed by atoms with Gasteiger partial charge in [-0.3, -0.25) is 9.10 Å². The number of ether oxygens (including phenoxy) is 1. The van der Waals surface area contributed by atoms with Crippen molar-refractivity contribution < 1.29 is 31.1 Å². The molecule has 0 atom stereocenters. The summed E-state index contributed by atoms with van der Waals surface area (Å²) in [6.07, 6.45) is -2.48. The van der Waals surface area contributed by atoms with Crippen molar-refractivity contribution in [3.63, 3.8) is 0 Å². The van der Waals surface area contributed by atoms with Gasteiger partial charge in [0.05, 0.1) is 29.0 Å². The second kappa shape index (κ2) is 11.9. The molecule has 0 spiro atoms. The van der Waals surface area contributed by atoms with Gasteiger partial charge in [0.2, 0.25) is 0 Å². The molecule has 0 fully saturated rings. The van der Waals surface area contributed by atoms with Crippen molar-refractivity contribution in [3.8, 4) is 5.75 Å². The van der Waals surface area contributed by atoms with E-state index in [9.17, 15) is 26.4 Å². The van der Waals surface area contributed by atoms with Crippen molar-refractivity contribution in [1.82, 2.24) is 5.43 Å². The molecule has 11 heteroatoms. The van der Waals surface area contributed by atoms with E-state index in [4.69, 9.17) is 4.74 Å². The standard InChI is InChI=1S/C26H26F3N3O4S/c1-3-15-36-23-11-9-20(10-12-23)17-30-31-25(33)18-32(22-6-4-5-21(16-22)26(27,28)29)37(34,35)24-13-7-19(2)8-14-24/h4-14,16-17H,3,15,18H2,1-2H3,(H,31,33)/b30-17-. The number of aryl methyl sites for hydroxylation is 1. The van der Waals surface area contributed by atoms with E-state index in [0.29, 0.717) is 28.3 Å². The van der Waals surface area contributed by atoms with Crippen LogP contribution in [0.2, 0.25) is 0 Å². The van der Waals surface area contributed by atoms with E-state index in [1.165, 1.54) is 24.4 Å². The zero-order chi connectivity index (χ0) is 27.1. The third-order valence-electron chi connectivity index (χ3n) is 5.11. The van der Waals surface area contributed by atoms with Crippen LogP contribution in [0.25, 0.3) is 0 Å². The highest BCUT2D eigenvalue weighted by Crippen LogP contribution is 2.33. The summed E-state index contributed by atoms with van der Waals surface area (Å²) in [6.45, 7) is 3.54. The summed E-state index contributed by atoms with van der Waals surface area (Å²) in [5.74, 6) is -0.159. The van der Waals surface area contributed by atoms with Crippen molar-refractivity contribution in [2.75, 3.05) is 17.5 Å². The number of nitrogens with one attached hydrogen (secondary N) is 1. The van der Waals surface area contributed by atoms with Crippen LogP contribution in [0, 0.1) is 6.92 Å². The van der Waals surface area contributed by atoms with E-state index in [1.807, 2.05) is 6.92 Å². The SMILES string of the molecule is CCCOc1ccc(/C=N\NC(=O)CN(c2cccc(C(F)(F)F)c2)S(=O)(=O)c2ccc(C)cc2)cc1. The molecule has 1 N–H and O–H groups in total. The zero-order valence-electron chi connectivity index (χ0n) is 20.2. The van der Waals surface area contributed by atoms with Gasteiger partial charge in [-0.05, 0) is 73.5 Å². The number of anilines is 1. The lowest BCUT2D eigenvalue weighted by Crippen LogP contribution is -2.39. The maximum Gasteiger partial charge on any atom is 0.416 e. The Kier molecular flexibility index (Phi) is 8.93. The summed E-state index contributed by atoms with van der Waals surface area (Å²) in [5, 5.41) is 3.84. The Morgan fingerprint density at radius 3 is 2.35 bits per heavy atom. The third-order valence-corrected chi connectivity index (χ3v) is 6.90. The van der Waals surface area contributed by atoms with Crippen LogP contribution in [0.4, 0.5) is 18.9 Å². The van der Waals surface area contributed by atoms with Gasteiger partial charge in [-0.25, -0.2) is 13.8 Å². The van der Waals surface area contributed by atoms with E-state index in [-0.39, 0.29) is 10.6 Å². The number of carbonyl (C=O) groups excluding carboxylic acids is 1. The van der Waals surface area contributed by atoms with Gasteiger partial charge in [0.15, 0.2) is 0 Å². The fourth-order valence-corrected chi connectivity index (χ4v) is 4.62. The van der Waals surface area contributed by atoms with Crippen LogP contribution in [0.1, 0.15) is 30.0 Å². The fourth-order valence-electron chi connectivity index (χ4n) is 3.20. The first-order valence-electron chi connectivity index (χ1n) is 11.3. The largest absolute Gasteiger partial charge is 0.494 e. The molecule has 0 aliphatic heterocycles. The molecular weight excluding hydrogens is 507 g/mol. The quantitative estimate of drug-likeness (QED) is 0.289. The monoisotopic (exact) mass is 533 g/mol. The molecule has 0 saturated heterocycles. The Morgan fingerprint density at radius 1 is 1.05 bits per heavy atom. The summed E-state index contributed by atoms with van der Waals surface area (Å²) in [7, 11) is -4.38. The number of amides is 1. The highest BCUT2D eigenvalue weighted by Gasteiger charge is 2.33. The average Bonchev–Trinajstić information content (AvgIpc) is 2.86. The predicted molar refractivity (Wildman–Crippen MR) is 135 cm³/mol. The van der Waals surface area contributed by atoms with Gasteiger partial charge in [0.1, 0.15) is 12.3 Å². The molecule has 3 rings (SSSR count). The molecule has 196 valence electrons. The number of carbonyl (C=O) groups is 1. The number of alkyl halides is 3. The molecule has 7 nitrogen and oxygen atoms in total. The molecular formula is C26H26F3N3O4S. The van der Waals surface area contributed by atoms with E-state index >= 15 is 0 Å². The van der Waals surface area contributed by atoms with Gasteiger partial charge < -0.3 is 4.74 Å². The fraction of sp³-hybridized carbons (Fsp3) is 0.231. The summed E-state index contributed by atoms with van der Waals surface area (Å²) >= 11 is 0. The zero-order valence-corrected chi connectivity index (χ0v) is 21.0. The number of hydrogen-bond acceptors (Lipinski definition) is 5. The van der Waals surface area contributed by atoms with Crippen LogP contribution in [0.5, 0.6) is 5.75 Å². The van der Waals surface area contributed by atoms with Crippen molar-refractivity contribution in [2.24, 2.45) is 5.10 Å². The number of hydrogen-bond donors (Lipinski definition) is 1. The Morgan fingerprint density at radius 2 is 1.73 bits per heavy atom.